The number of benzene rings is 1. The van der Waals surface area contributed by atoms with Crippen molar-refractivity contribution in [2.45, 2.75) is 12.8 Å². The summed E-state index contributed by atoms with van der Waals surface area (Å²) in [6, 6.07) is 4.97. The monoisotopic (exact) mass is 194 g/mol. The van der Waals surface area contributed by atoms with E-state index in [2.05, 4.69) is 4.74 Å². The van der Waals surface area contributed by atoms with Crippen molar-refractivity contribution in [1.29, 1.82) is 0 Å². The largest absolute Gasteiger partial charge is 0.469 e. The van der Waals surface area contributed by atoms with Gasteiger partial charge in [-0.3, -0.25) is 4.79 Å². The highest BCUT2D eigenvalue weighted by molar-refractivity contribution is 5.74. The predicted octanol–water partition coefficient (Wildman–Crippen LogP) is 1.71. The number of hydrogen-bond donors (Lipinski definition) is 0. The van der Waals surface area contributed by atoms with Crippen LogP contribution in [0.1, 0.15) is 11.1 Å². The molecule has 1 aliphatic rings. The van der Waals surface area contributed by atoms with E-state index in [0.717, 1.165) is 5.56 Å². The lowest BCUT2D eigenvalue weighted by Gasteiger charge is -2.04. The Morgan fingerprint density at radius 3 is 2.93 bits per heavy atom. The van der Waals surface area contributed by atoms with Crippen molar-refractivity contribution in [3.8, 4) is 0 Å². The van der Waals surface area contributed by atoms with E-state index in [-0.39, 0.29) is 17.7 Å². The fourth-order valence-electron chi connectivity index (χ4n) is 1.94. The van der Waals surface area contributed by atoms with E-state index < -0.39 is 0 Å². The molecule has 0 aliphatic heterocycles. The van der Waals surface area contributed by atoms with Gasteiger partial charge in [-0.15, -0.1) is 0 Å². The number of esters is 1. The Morgan fingerprint density at radius 2 is 2.29 bits per heavy atom. The first kappa shape index (κ1) is 9.19. The summed E-state index contributed by atoms with van der Waals surface area (Å²) in [5.74, 6) is -0.665. The zero-order chi connectivity index (χ0) is 10.1. The molecule has 3 heteroatoms. The standard InChI is InChI=1S/C11H11FO2/c1-14-11(13)8-5-7-3-2-4-10(12)9(7)6-8/h2-4,8H,5-6H2,1H3. The molecule has 74 valence electrons. The van der Waals surface area contributed by atoms with Crippen molar-refractivity contribution in [1.82, 2.24) is 0 Å². The van der Waals surface area contributed by atoms with Crippen LogP contribution in [0.25, 0.3) is 0 Å². The lowest BCUT2D eigenvalue weighted by Crippen LogP contribution is -2.16. The average molecular weight is 194 g/mol. The molecular weight excluding hydrogens is 183 g/mol. The zero-order valence-electron chi connectivity index (χ0n) is 7.92. The molecule has 1 unspecified atom stereocenters. The Bertz CT molecular complexity index is 374. The fourth-order valence-corrected chi connectivity index (χ4v) is 1.94. The van der Waals surface area contributed by atoms with Crippen molar-refractivity contribution in [3.05, 3.63) is 35.1 Å². The predicted molar refractivity (Wildman–Crippen MR) is 49.3 cm³/mol. The van der Waals surface area contributed by atoms with Gasteiger partial charge in [0.1, 0.15) is 5.82 Å². The number of methoxy groups -OCH3 is 1. The molecule has 0 saturated carbocycles. The van der Waals surface area contributed by atoms with E-state index in [1.807, 2.05) is 6.07 Å². The van der Waals surface area contributed by atoms with Gasteiger partial charge in [0.05, 0.1) is 13.0 Å². The molecule has 14 heavy (non-hydrogen) atoms. The first-order valence-electron chi connectivity index (χ1n) is 4.56. The van der Waals surface area contributed by atoms with Gasteiger partial charge in [0.2, 0.25) is 0 Å². The number of carbonyl (C=O) groups excluding carboxylic acids is 1. The first-order chi connectivity index (χ1) is 6.72. The molecule has 0 bridgehead atoms. The Hall–Kier alpha value is -1.38. The minimum Gasteiger partial charge on any atom is -0.469 e. The highest BCUT2D eigenvalue weighted by atomic mass is 19.1. The summed E-state index contributed by atoms with van der Waals surface area (Å²) in [5, 5.41) is 0. The third-order valence-electron chi connectivity index (χ3n) is 2.67. The normalized spacial score (nSPS) is 19.1. The molecular formula is C11H11FO2. The highest BCUT2D eigenvalue weighted by Crippen LogP contribution is 2.29. The lowest BCUT2D eigenvalue weighted by atomic mass is 10.1. The summed E-state index contributed by atoms with van der Waals surface area (Å²) in [4.78, 5) is 11.2. The molecule has 2 rings (SSSR count). The second-order valence-corrected chi connectivity index (χ2v) is 3.51. The van der Waals surface area contributed by atoms with E-state index >= 15 is 0 Å². The molecule has 0 N–H and O–H groups in total. The summed E-state index contributed by atoms with van der Waals surface area (Å²) in [7, 11) is 1.36. The van der Waals surface area contributed by atoms with Gasteiger partial charge in [-0.25, -0.2) is 4.39 Å². The molecule has 0 saturated heterocycles. The second-order valence-electron chi connectivity index (χ2n) is 3.51. The van der Waals surface area contributed by atoms with Crippen LogP contribution in [0.2, 0.25) is 0 Å². The van der Waals surface area contributed by atoms with Crippen molar-refractivity contribution >= 4 is 5.97 Å². The van der Waals surface area contributed by atoms with Crippen LogP contribution in [-0.4, -0.2) is 13.1 Å². The summed E-state index contributed by atoms with van der Waals surface area (Å²) in [6.45, 7) is 0. The van der Waals surface area contributed by atoms with E-state index in [9.17, 15) is 9.18 Å². The lowest BCUT2D eigenvalue weighted by molar-refractivity contribution is -0.145. The average Bonchev–Trinajstić information content (AvgIpc) is 2.62. The number of halogens is 1. The van der Waals surface area contributed by atoms with Gasteiger partial charge in [0.15, 0.2) is 0 Å². The molecule has 0 spiro atoms. The summed E-state index contributed by atoms with van der Waals surface area (Å²) < 4.78 is 17.9. The Balaban J connectivity index is 2.26. The molecule has 0 heterocycles. The van der Waals surface area contributed by atoms with E-state index in [1.165, 1.54) is 13.2 Å². The van der Waals surface area contributed by atoms with Crippen molar-refractivity contribution in [2.75, 3.05) is 7.11 Å². The number of rotatable bonds is 1. The van der Waals surface area contributed by atoms with Crippen molar-refractivity contribution < 1.29 is 13.9 Å². The summed E-state index contributed by atoms with van der Waals surface area (Å²) in [5.41, 5.74) is 1.60. The summed E-state index contributed by atoms with van der Waals surface area (Å²) >= 11 is 0. The molecule has 1 aliphatic carbocycles. The Labute approximate surface area is 81.7 Å². The van der Waals surface area contributed by atoms with E-state index in [1.54, 1.807) is 6.07 Å². The molecule has 1 aromatic rings. The first-order valence-corrected chi connectivity index (χ1v) is 4.56. The van der Waals surface area contributed by atoms with Gasteiger partial charge >= 0.3 is 5.97 Å². The van der Waals surface area contributed by atoms with E-state index in [4.69, 9.17) is 0 Å². The van der Waals surface area contributed by atoms with Gasteiger partial charge in [-0.05, 0) is 30.0 Å². The quantitative estimate of drug-likeness (QED) is 0.636. The van der Waals surface area contributed by atoms with Crippen molar-refractivity contribution in [2.24, 2.45) is 5.92 Å². The number of fused-ring (bicyclic) bond motifs is 1. The van der Waals surface area contributed by atoms with Crippen LogP contribution in [0, 0.1) is 11.7 Å². The fraction of sp³-hybridized carbons (Fsp3) is 0.364. The maximum absolute atomic E-state index is 13.3. The molecule has 0 aromatic heterocycles. The van der Waals surface area contributed by atoms with Crippen LogP contribution in [0.3, 0.4) is 0 Å². The maximum atomic E-state index is 13.3. The zero-order valence-corrected chi connectivity index (χ0v) is 7.92. The van der Waals surface area contributed by atoms with Crippen LogP contribution in [0.15, 0.2) is 18.2 Å². The van der Waals surface area contributed by atoms with Crippen LogP contribution in [0.4, 0.5) is 4.39 Å². The highest BCUT2D eigenvalue weighted by Gasteiger charge is 2.29. The molecule has 0 amide bonds. The number of ether oxygens (including phenoxy) is 1. The van der Waals surface area contributed by atoms with Gasteiger partial charge in [-0.2, -0.15) is 0 Å². The van der Waals surface area contributed by atoms with Crippen LogP contribution < -0.4 is 0 Å². The molecule has 1 atom stereocenters. The smallest absolute Gasteiger partial charge is 0.309 e. The van der Waals surface area contributed by atoms with Gasteiger partial charge in [0, 0.05) is 0 Å². The second kappa shape index (κ2) is 3.40. The Morgan fingerprint density at radius 1 is 1.50 bits per heavy atom. The third-order valence-corrected chi connectivity index (χ3v) is 2.67. The molecule has 1 aromatic carbocycles. The molecule has 2 nitrogen and oxygen atoms in total. The molecule has 0 radical (unpaired) electrons. The third kappa shape index (κ3) is 1.39. The minimum absolute atomic E-state index is 0.202. The van der Waals surface area contributed by atoms with Gasteiger partial charge in [-0.1, -0.05) is 12.1 Å². The van der Waals surface area contributed by atoms with E-state index in [0.29, 0.717) is 18.4 Å². The van der Waals surface area contributed by atoms with Crippen molar-refractivity contribution in [3.63, 3.8) is 0 Å². The van der Waals surface area contributed by atoms with Gasteiger partial charge in [0.25, 0.3) is 0 Å². The van der Waals surface area contributed by atoms with Crippen LogP contribution in [0.5, 0.6) is 0 Å². The maximum Gasteiger partial charge on any atom is 0.309 e. The van der Waals surface area contributed by atoms with Gasteiger partial charge < -0.3 is 4.74 Å². The van der Waals surface area contributed by atoms with Crippen LogP contribution >= 0.6 is 0 Å². The molecule has 0 fully saturated rings. The number of hydrogen-bond acceptors (Lipinski definition) is 2. The minimum atomic E-state index is -0.249. The Kier molecular flexibility index (Phi) is 2.23. The van der Waals surface area contributed by atoms with Crippen LogP contribution in [-0.2, 0) is 22.4 Å². The topological polar surface area (TPSA) is 26.3 Å². The summed E-state index contributed by atoms with van der Waals surface area (Å²) in [6.07, 6.45) is 1.06. The SMILES string of the molecule is COC(=O)C1Cc2cccc(F)c2C1. The number of carbonyl (C=O) groups is 1.